The predicted molar refractivity (Wildman–Crippen MR) is 311 cm³/mol. The van der Waals surface area contributed by atoms with Gasteiger partial charge in [0.1, 0.15) is 13.2 Å². The number of esters is 3. The Hall–Kier alpha value is -3.15. The van der Waals surface area contributed by atoms with Crippen LogP contribution in [0.3, 0.4) is 0 Å². The van der Waals surface area contributed by atoms with E-state index in [4.69, 9.17) is 14.2 Å². The lowest BCUT2D eigenvalue weighted by Gasteiger charge is -2.18. The summed E-state index contributed by atoms with van der Waals surface area (Å²) >= 11 is 0. The lowest BCUT2D eigenvalue weighted by Crippen LogP contribution is -2.30. The molecule has 1 unspecified atom stereocenters. The third-order valence-electron chi connectivity index (χ3n) is 13.5. The van der Waals surface area contributed by atoms with Gasteiger partial charge in [-0.25, -0.2) is 0 Å². The van der Waals surface area contributed by atoms with E-state index in [1.165, 1.54) is 173 Å². The molecule has 0 radical (unpaired) electrons. The molecule has 0 saturated heterocycles. The number of hydrogen-bond donors (Lipinski definition) is 0. The van der Waals surface area contributed by atoms with Gasteiger partial charge in [0.15, 0.2) is 6.10 Å². The molecule has 1 atom stereocenters. The van der Waals surface area contributed by atoms with Crippen molar-refractivity contribution in [2.45, 2.75) is 316 Å². The summed E-state index contributed by atoms with van der Waals surface area (Å²) < 4.78 is 16.8. The van der Waals surface area contributed by atoms with Crippen molar-refractivity contribution in [3.8, 4) is 0 Å². The van der Waals surface area contributed by atoms with Gasteiger partial charge in [0.2, 0.25) is 0 Å². The zero-order valence-corrected chi connectivity index (χ0v) is 47.7. The molecule has 0 rings (SSSR count). The second-order valence-electron chi connectivity index (χ2n) is 20.6. The maximum Gasteiger partial charge on any atom is 0.306 e. The van der Waals surface area contributed by atoms with E-state index in [0.29, 0.717) is 19.3 Å². The molecule has 416 valence electrons. The molecule has 72 heavy (non-hydrogen) atoms. The van der Waals surface area contributed by atoms with E-state index in [2.05, 4.69) is 93.7 Å². The van der Waals surface area contributed by atoms with E-state index in [1.54, 1.807) is 0 Å². The van der Waals surface area contributed by atoms with Crippen LogP contribution in [-0.4, -0.2) is 37.2 Å². The minimum absolute atomic E-state index is 0.0893. The van der Waals surface area contributed by atoms with Gasteiger partial charge in [0.05, 0.1) is 0 Å². The Kier molecular flexibility index (Phi) is 57.8. The largest absolute Gasteiger partial charge is 0.462 e. The number of allylic oxidation sites excluding steroid dienone is 12. The summed E-state index contributed by atoms with van der Waals surface area (Å²) in [7, 11) is 0. The lowest BCUT2D eigenvalue weighted by atomic mass is 10.0. The molecule has 0 fully saturated rings. The smallest absolute Gasteiger partial charge is 0.306 e. The van der Waals surface area contributed by atoms with Crippen LogP contribution in [0.15, 0.2) is 72.9 Å². The second-order valence-corrected chi connectivity index (χ2v) is 20.6. The molecular formula is C66H116O6. The average molecular weight is 1010 g/mol. The molecule has 0 amide bonds. The average Bonchev–Trinajstić information content (AvgIpc) is 3.38. The summed E-state index contributed by atoms with van der Waals surface area (Å²) in [6, 6.07) is 0. The Morgan fingerprint density at radius 2 is 0.542 bits per heavy atom. The molecular weight excluding hydrogens is 889 g/mol. The molecule has 0 spiro atoms. The monoisotopic (exact) mass is 1000 g/mol. The summed E-state index contributed by atoms with van der Waals surface area (Å²) in [5, 5.41) is 0. The Bertz CT molecular complexity index is 1340. The summed E-state index contributed by atoms with van der Waals surface area (Å²) in [6.45, 7) is 6.51. The van der Waals surface area contributed by atoms with E-state index in [0.717, 1.165) is 89.9 Å². The molecule has 0 aliphatic carbocycles. The first kappa shape index (κ1) is 68.8. The summed E-state index contributed by atoms with van der Waals surface area (Å²) in [4.78, 5) is 38.2. The molecule has 0 N–H and O–H groups in total. The van der Waals surface area contributed by atoms with Crippen molar-refractivity contribution < 1.29 is 28.6 Å². The Labute approximate surface area is 446 Å². The fourth-order valence-corrected chi connectivity index (χ4v) is 8.86. The lowest BCUT2D eigenvalue weighted by molar-refractivity contribution is -0.167. The van der Waals surface area contributed by atoms with Gasteiger partial charge in [-0.15, -0.1) is 0 Å². The van der Waals surface area contributed by atoms with Gasteiger partial charge in [-0.3, -0.25) is 14.4 Å². The molecule has 0 bridgehead atoms. The van der Waals surface area contributed by atoms with Gasteiger partial charge in [-0.1, -0.05) is 293 Å². The third-order valence-corrected chi connectivity index (χ3v) is 13.5. The number of hydrogen-bond acceptors (Lipinski definition) is 6. The van der Waals surface area contributed by atoms with Crippen LogP contribution in [0.5, 0.6) is 0 Å². The fourth-order valence-electron chi connectivity index (χ4n) is 8.86. The third kappa shape index (κ3) is 57.7. The summed E-state index contributed by atoms with van der Waals surface area (Å²) in [6.07, 6.45) is 77.7. The highest BCUT2D eigenvalue weighted by Crippen LogP contribution is 2.17. The van der Waals surface area contributed by atoms with Gasteiger partial charge >= 0.3 is 17.9 Å². The van der Waals surface area contributed by atoms with Gasteiger partial charge in [0, 0.05) is 19.3 Å². The number of unbranched alkanes of at least 4 members (excludes halogenated alkanes) is 33. The van der Waals surface area contributed by atoms with Crippen LogP contribution in [0.4, 0.5) is 0 Å². The SMILES string of the molecule is CC/C=C\C/C=C\C/C=C\C/C=C\C/C=C\C/C=C\CCCCC(=O)OC(COC(=O)CCCCCCCCCCCC)COC(=O)CCCCCCCCCCCCCCCCCCCCCCCCC. The highest BCUT2D eigenvalue weighted by molar-refractivity contribution is 5.71. The van der Waals surface area contributed by atoms with Crippen LogP contribution in [0, 0.1) is 0 Å². The Morgan fingerprint density at radius 3 is 0.847 bits per heavy atom. The number of carbonyl (C=O) groups is 3. The molecule has 0 aromatic carbocycles. The van der Waals surface area contributed by atoms with E-state index >= 15 is 0 Å². The van der Waals surface area contributed by atoms with Crippen molar-refractivity contribution in [3.05, 3.63) is 72.9 Å². The van der Waals surface area contributed by atoms with Crippen LogP contribution in [0.1, 0.15) is 310 Å². The number of ether oxygens (including phenoxy) is 3. The maximum atomic E-state index is 12.9. The quantitative estimate of drug-likeness (QED) is 0.0261. The van der Waals surface area contributed by atoms with Crippen molar-refractivity contribution in [3.63, 3.8) is 0 Å². The van der Waals surface area contributed by atoms with Crippen LogP contribution in [0.2, 0.25) is 0 Å². The van der Waals surface area contributed by atoms with Crippen molar-refractivity contribution in [1.82, 2.24) is 0 Å². The number of rotatable bonds is 56. The highest BCUT2D eigenvalue weighted by atomic mass is 16.6. The van der Waals surface area contributed by atoms with Crippen LogP contribution in [0.25, 0.3) is 0 Å². The first-order chi connectivity index (χ1) is 35.5. The summed E-state index contributed by atoms with van der Waals surface area (Å²) in [5.74, 6) is -0.921. The minimum atomic E-state index is -0.796. The van der Waals surface area contributed by atoms with Gasteiger partial charge < -0.3 is 14.2 Å². The van der Waals surface area contributed by atoms with Crippen molar-refractivity contribution in [1.29, 1.82) is 0 Å². The minimum Gasteiger partial charge on any atom is -0.462 e. The standard InChI is InChI=1S/C66H116O6/c1-4-7-10-13-16-19-22-24-26-28-30-32-33-35-36-38-40-42-44-47-50-53-56-59-65(68)71-62-63(61-70-64(67)58-55-52-49-46-21-18-15-12-9-6-3)72-66(69)60-57-54-51-48-45-43-41-39-37-34-31-29-27-25-23-20-17-14-11-8-5-2/h8,11,17,20,25,27,31,34,39,41,45,48,63H,4-7,9-10,12-16,18-19,21-24,26,28-30,32-33,35-38,40,42-44,46-47,49-62H2,1-3H3/b11-8-,20-17-,27-25-,34-31-,41-39-,48-45-. The normalized spacial score (nSPS) is 12.5. The van der Waals surface area contributed by atoms with Crippen molar-refractivity contribution in [2.75, 3.05) is 13.2 Å². The summed E-state index contributed by atoms with van der Waals surface area (Å²) in [5.41, 5.74) is 0. The second kappa shape index (κ2) is 60.4. The van der Waals surface area contributed by atoms with Crippen LogP contribution in [-0.2, 0) is 28.6 Å². The fraction of sp³-hybridized carbons (Fsp3) is 0.773. The van der Waals surface area contributed by atoms with Crippen LogP contribution >= 0.6 is 0 Å². The molecule has 0 aliphatic heterocycles. The molecule has 0 heterocycles. The van der Waals surface area contributed by atoms with E-state index in [1.807, 2.05) is 0 Å². The van der Waals surface area contributed by atoms with E-state index in [-0.39, 0.29) is 37.5 Å². The van der Waals surface area contributed by atoms with Crippen LogP contribution < -0.4 is 0 Å². The predicted octanol–water partition coefficient (Wildman–Crippen LogP) is 20.9. The Balaban J connectivity index is 4.31. The van der Waals surface area contributed by atoms with Gasteiger partial charge in [-0.05, 0) is 70.6 Å². The topological polar surface area (TPSA) is 78.9 Å². The maximum absolute atomic E-state index is 12.9. The first-order valence-corrected chi connectivity index (χ1v) is 30.9. The van der Waals surface area contributed by atoms with E-state index < -0.39 is 6.10 Å². The van der Waals surface area contributed by atoms with Crippen molar-refractivity contribution >= 4 is 17.9 Å². The van der Waals surface area contributed by atoms with E-state index in [9.17, 15) is 14.4 Å². The van der Waals surface area contributed by atoms with Gasteiger partial charge in [0.25, 0.3) is 0 Å². The zero-order chi connectivity index (χ0) is 52.2. The number of carbonyl (C=O) groups excluding carboxylic acids is 3. The molecule has 6 nitrogen and oxygen atoms in total. The molecule has 0 saturated carbocycles. The molecule has 0 aromatic heterocycles. The molecule has 0 aliphatic rings. The van der Waals surface area contributed by atoms with Crippen molar-refractivity contribution in [2.24, 2.45) is 0 Å². The zero-order valence-electron chi connectivity index (χ0n) is 47.7. The first-order valence-electron chi connectivity index (χ1n) is 30.9. The molecule has 6 heteroatoms. The Morgan fingerprint density at radius 1 is 0.292 bits per heavy atom. The molecule has 0 aromatic rings. The van der Waals surface area contributed by atoms with Gasteiger partial charge in [-0.2, -0.15) is 0 Å². The highest BCUT2D eigenvalue weighted by Gasteiger charge is 2.19.